The summed E-state index contributed by atoms with van der Waals surface area (Å²) in [6, 6.07) is 6.96. The number of rotatable bonds is 2. The molecule has 2 aromatic rings. The molecule has 1 aromatic heterocycles. The topological polar surface area (TPSA) is 45.8 Å². The van der Waals surface area contributed by atoms with Crippen LogP contribution >= 0.6 is 27.5 Å². The molecule has 0 amide bonds. The van der Waals surface area contributed by atoms with E-state index in [-0.39, 0.29) is 11.5 Å². The van der Waals surface area contributed by atoms with Gasteiger partial charge in [0.15, 0.2) is 0 Å². The lowest BCUT2D eigenvalue weighted by atomic mass is 10.1. The van der Waals surface area contributed by atoms with Gasteiger partial charge in [-0.3, -0.25) is 4.79 Å². The van der Waals surface area contributed by atoms with Crippen LogP contribution in [-0.2, 0) is 0 Å². The van der Waals surface area contributed by atoms with Gasteiger partial charge < -0.3 is 4.98 Å². The minimum Gasteiger partial charge on any atom is -0.306 e. The van der Waals surface area contributed by atoms with Crippen molar-refractivity contribution in [2.45, 2.75) is 19.8 Å². The first-order valence-corrected chi connectivity index (χ1v) is 6.71. The summed E-state index contributed by atoms with van der Waals surface area (Å²) in [4.78, 5) is 18.8. The molecule has 18 heavy (non-hydrogen) atoms. The maximum absolute atomic E-state index is 11.6. The number of aromatic nitrogens is 2. The molecule has 5 heteroatoms. The minimum atomic E-state index is -0.167. The van der Waals surface area contributed by atoms with Gasteiger partial charge in [-0.05, 0) is 24.1 Å². The lowest BCUT2D eigenvalue weighted by Gasteiger charge is -2.08. The van der Waals surface area contributed by atoms with Crippen LogP contribution in [0, 0.1) is 0 Å². The molecule has 1 heterocycles. The first-order chi connectivity index (χ1) is 8.47. The largest absolute Gasteiger partial charge is 0.306 e. The molecule has 2 rings (SSSR count). The van der Waals surface area contributed by atoms with Crippen LogP contribution in [0.3, 0.4) is 0 Å². The average Bonchev–Trinajstić information content (AvgIpc) is 2.31. The minimum absolute atomic E-state index is 0.167. The first kappa shape index (κ1) is 13.3. The van der Waals surface area contributed by atoms with Crippen molar-refractivity contribution in [1.82, 2.24) is 9.97 Å². The van der Waals surface area contributed by atoms with Crippen LogP contribution in [0.25, 0.3) is 11.4 Å². The van der Waals surface area contributed by atoms with E-state index < -0.39 is 0 Å². The zero-order valence-corrected chi connectivity index (χ0v) is 12.3. The summed E-state index contributed by atoms with van der Waals surface area (Å²) in [5.74, 6) is 0.689. The van der Waals surface area contributed by atoms with Gasteiger partial charge in [0.2, 0.25) is 0 Å². The molecule has 0 aliphatic rings. The van der Waals surface area contributed by atoms with Crippen LogP contribution in [0.1, 0.15) is 25.5 Å². The van der Waals surface area contributed by atoms with Gasteiger partial charge in [0, 0.05) is 16.1 Å². The fourth-order valence-electron chi connectivity index (χ4n) is 1.58. The molecule has 0 aliphatic heterocycles. The highest BCUT2D eigenvalue weighted by molar-refractivity contribution is 9.10. The zero-order chi connectivity index (χ0) is 13.3. The van der Waals surface area contributed by atoms with Gasteiger partial charge in [-0.15, -0.1) is 0 Å². The van der Waals surface area contributed by atoms with Gasteiger partial charge in [0.25, 0.3) is 5.56 Å². The standard InChI is InChI=1S/C13H12BrClN2O/c1-7(2)11-6-12(18)17-13(16-11)9-5-8(14)3-4-10(9)15/h3-7H,1-2H3,(H,16,17,18). The average molecular weight is 328 g/mol. The number of H-pyrrole nitrogens is 1. The first-order valence-electron chi connectivity index (χ1n) is 5.54. The number of halogens is 2. The highest BCUT2D eigenvalue weighted by Gasteiger charge is 2.10. The second-order valence-electron chi connectivity index (χ2n) is 4.30. The molecule has 0 fully saturated rings. The SMILES string of the molecule is CC(C)c1cc(=O)[nH]c(-c2cc(Br)ccc2Cl)n1. The van der Waals surface area contributed by atoms with Crippen molar-refractivity contribution in [3.8, 4) is 11.4 Å². The van der Waals surface area contributed by atoms with Gasteiger partial charge in [-0.2, -0.15) is 0 Å². The number of nitrogens with one attached hydrogen (secondary N) is 1. The van der Waals surface area contributed by atoms with Crippen LogP contribution in [0.2, 0.25) is 5.02 Å². The van der Waals surface area contributed by atoms with Crippen molar-refractivity contribution in [3.63, 3.8) is 0 Å². The molecule has 0 aliphatic carbocycles. The predicted molar refractivity (Wildman–Crippen MR) is 77.1 cm³/mol. The Morgan fingerprint density at radius 3 is 2.72 bits per heavy atom. The molecule has 1 aromatic carbocycles. The molecular formula is C13H12BrClN2O. The maximum atomic E-state index is 11.6. The Hall–Kier alpha value is -1.13. The third kappa shape index (κ3) is 2.82. The van der Waals surface area contributed by atoms with Gasteiger partial charge in [-0.25, -0.2) is 4.98 Å². The van der Waals surface area contributed by atoms with Crippen molar-refractivity contribution in [1.29, 1.82) is 0 Å². The summed E-state index contributed by atoms with van der Waals surface area (Å²) in [7, 11) is 0. The quantitative estimate of drug-likeness (QED) is 0.907. The molecule has 0 spiro atoms. The zero-order valence-electron chi connectivity index (χ0n) is 10.00. The van der Waals surface area contributed by atoms with Gasteiger partial charge in [-0.1, -0.05) is 41.4 Å². The highest BCUT2D eigenvalue weighted by Crippen LogP contribution is 2.28. The monoisotopic (exact) mass is 326 g/mol. The van der Waals surface area contributed by atoms with E-state index in [2.05, 4.69) is 25.9 Å². The second kappa shape index (κ2) is 5.24. The van der Waals surface area contributed by atoms with E-state index in [1.54, 1.807) is 6.07 Å². The summed E-state index contributed by atoms with van der Waals surface area (Å²) >= 11 is 9.51. The Labute approximate surface area is 118 Å². The molecule has 0 saturated heterocycles. The fraction of sp³-hybridized carbons (Fsp3) is 0.231. The maximum Gasteiger partial charge on any atom is 0.251 e. The van der Waals surface area contributed by atoms with Crippen LogP contribution < -0.4 is 5.56 Å². The Balaban J connectivity index is 2.63. The number of hydrogen-bond donors (Lipinski definition) is 1. The smallest absolute Gasteiger partial charge is 0.251 e. The Morgan fingerprint density at radius 2 is 2.06 bits per heavy atom. The van der Waals surface area contributed by atoms with Crippen LogP contribution in [-0.4, -0.2) is 9.97 Å². The number of hydrogen-bond acceptors (Lipinski definition) is 2. The van der Waals surface area contributed by atoms with E-state index in [9.17, 15) is 4.79 Å². The third-order valence-corrected chi connectivity index (χ3v) is 3.36. The molecular weight excluding hydrogens is 316 g/mol. The number of benzene rings is 1. The van der Waals surface area contributed by atoms with E-state index in [4.69, 9.17) is 11.6 Å². The van der Waals surface area contributed by atoms with Crippen molar-refractivity contribution in [3.05, 3.63) is 49.8 Å². The van der Waals surface area contributed by atoms with E-state index in [0.29, 0.717) is 16.4 Å². The summed E-state index contributed by atoms with van der Waals surface area (Å²) < 4.78 is 0.888. The lowest BCUT2D eigenvalue weighted by molar-refractivity contribution is 0.812. The summed E-state index contributed by atoms with van der Waals surface area (Å²) in [6.07, 6.45) is 0. The highest BCUT2D eigenvalue weighted by atomic mass is 79.9. The summed E-state index contributed by atoms with van der Waals surface area (Å²) in [6.45, 7) is 3.99. The van der Waals surface area contributed by atoms with Crippen LogP contribution in [0.4, 0.5) is 0 Å². The number of aromatic amines is 1. The van der Waals surface area contributed by atoms with Crippen molar-refractivity contribution in [2.24, 2.45) is 0 Å². The van der Waals surface area contributed by atoms with Crippen LogP contribution in [0.5, 0.6) is 0 Å². The summed E-state index contributed by atoms with van der Waals surface area (Å²) in [5.41, 5.74) is 1.30. The second-order valence-corrected chi connectivity index (χ2v) is 5.62. The Morgan fingerprint density at radius 1 is 1.33 bits per heavy atom. The summed E-state index contributed by atoms with van der Waals surface area (Å²) in [5, 5.41) is 0.558. The molecule has 0 atom stereocenters. The Kier molecular flexibility index (Phi) is 3.88. The van der Waals surface area contributed by atoms with E-state index in [1.165, 1.54) is 6.07 Å². The fourth-order valence-corrected chi connectivity index (χ4v) is 2.15. The van der Waals surface area contributed by atoms with Crippen molar-refractivity contribution >= 4 is 27.5 Å². The molecule has 94 valence electrons. The molecule has 0 bridgehead atoms. The predicted octanol–water partition coefficient (Wildman–Crippen LogP) is 3.98. The van der Waals surface area contributed by atoms with E-state index >= 15 is 0 Å². The molecule has 1 N–H and O–H groups in total. The van der Waals surface area contributed by atoms with Gasteiger partial charge in [0.1, 0.15) is 5.82 Å². The molecule has 0 radical (unpaired) electrons. The van der Waals surface area contributed by atoms with E-state index in [0.717, 1.165) is 10.2 Å². The normalized spacial score (nSPS) is 10.9. The molecule has 3 nitrogen and oxygen atoms in total. The molecule has 0 saturated carbocycles. The van der Waals surface area contributed by atoms with E-state index in [1.807, 2.05) is 26.0 Å². The van der Waals surface area contributed by atoms with Crippen molar-refractivity contribution < 1.29 is 0 Å². The molecule has 0 unspecified atom stereocenters. The van der Waals surface area contributed by atoms with Gasteiger partial charge in [0.05, 0.1) is 10.7 Å². The van der Waals surface area contributed by atoms with Crippen molar-refractivity contribution in [2.75, 3.05) is 0 Å². The van der Waals surface area contributed by atoms with Gasteiger partial charge >= 0.3 is 0 Å². The number of nitrogens with zero attached hydrogens (tertiary/aromatic N) is 1. The Bertz CT molecular complexity index is 637. The third-order valence-electron chi connectivity index (χ3n) is 2.54. The van der Waals surface area contributed by atoms with Crippen LogP contribution in [0.15, 0.2) is 33.5 Å². The lowest BCUT2D eigenvalue weighted by Crippen LogP contribution is -2.11.